The van der Waals surface area contributed by atoms with E-state index in [1.54, 1.807) is 5.57 Å². The second-order valence-electron chi connectivity index (χ2n) is 2.62. The van der Waals surface area contributed by atoms with Crippen LogP contribution in [-0.4, -0.2) is 0 Å². The standard InChI is InChI=1S/C8H13/c1-7(2)8-5-3-4-6-8/h5H,3-4,6H2,1-2H3. The summed E-state index contributed by atoms with van der Waals surface area (Å²) in [4.78, 5) is 0. The first kappa shape index (κ1) is 5.87. The van der Waals surface area contributed by atoms with Crippen LogP contribution >= 0.6 is 0 Å². The van der Waals surface area contributed by atoms with E-state index >= 15 is 0 Å². The van der Waals surface area contributed by atoms with Crippen molar-refractivity contribution >= 4 is 0 Å². The fraction of sp³-hybridized carbons (Fsp3) is 0.625. The summed E-state index contributed by atoms with van der Waals surface area (Å²) in [5, 5.41) is 0. The largest absolute Gasteiger partial charge is 0.0847 e. The van der Waals surface area contributed by atoms with E-state index in [0.717, 1.165) is 0 Å². The predicted octanol–water partition coefficient (Wildman–Crippen LogP) is 2.71. The van der Waals surface area contributed by atoms with Crippen molar-refractivity contribution in [1.29, 1.82) is 0 Å². The summed E-state index contributed by atoms with van der Waals surface area (Å²) in [6, 6.07) is 0. The lowest BCUT2D eigenvalue weighted by Gasteiger charge is -2.01. The zero-order valence-electron chi connectivity index (χ0n) is 5.70. The Morgan fingerprint density at radius 3 is 2.50 bits per heavy atom. The Labute approximate surface area is 51.6 Å². The number of hydrogen-bond donors (Lipinski definition) is 0. The second-order valence-corrected chi connectivity index (χ2v) is 2.62. The second kappa shape index (κ2) is 2.34. The Kier molecular flexibility index (Phi) is 1.72. The smallest absolute Gasteiger partial charge is 0.00564 e. The molecule has 1 rings (SSSR count). The highest BCUT2D eigenvalue weighted by Crippen LogP contribution is 2.25. The lowest BCUT2D eigenvalue weighted by atomic mass is 10.0. The van der Waals surface area contributed by atoms with E-state index in [-0.39, 0.29) is 0 Å². The van der Waals surface area contributed by atoms with Crippen LogP contribution in [0.15, 0.2) is 11.6 Å². The highest BCUT2D eigenvalue weighted by atomic mass is 14.1. The topological polar surface area (TPSA) is 0 Å². The molecule has 0 amide bonds. The Balaban J connectivity index is 2.45. The van der Waals surface area contributed by atoms with E-state index in [0.29, 0.717) is 0 Å². The quantitative estimate of drug-likeness (QED) is 0.485. The molecule has 0 aromatic rings. The SMILES string of the molecule is C[C](C)C1=CCCC1. The molecule has 0 spiro atoms. The normalized spacial score (nSPS) is 19.6. The first-order chi connectivity index (χ1) is 3.80. The first-order valence-electron chi connectivity index (χ1n) is 3.30. The summed E-state index contributed by atoms with van der Waals surface area (Å²) in [7, 11) is 0. The molecular weight excluding hydrogens is 96.1 g/mol. The predicted molar refractivity (Wildman–Crippen MR) is 36.5 cm³/mol. The molecule has 0 aromatic carbocycles. The van der Waals surface area contributed by atoms with Gasteiger partial charge >= 0.3 is 0 Å². The van der Waals surface area contributed by atoms with Crippen molar-refractivity contribution in [3.63, 3.8) is 0 Å². The fourth-order valence-corrected chi connectivity index (χ4v) is 1.12. The molecule has 0 saturated carbocycles. The average molecular weight is 109 g/mol. The number of hydrogen-bond acceptors (Lipinski definition) is 0. The van der Waals surface area contributed by atoms with Crippen LogP contribution < -0.4 is 0 Å². The molecule has 0 aromatic heterocycles. The summed E-state index contributed by atoms with van der Waals surface area (Å²) < 4.78 is 0. The molecular formula is C8H13. The van der Waals surface area contributed by atoms with Gasteiger partial charge in [0.25, 0.3) is 0 Å². The third-order valence-electron chi connectivity index (χ3n) is 1.68. The minimum Gasteiger partial charge on any atom is -0.0847 e. The van der Waals surface area contributed by atoms with Gasteiger partial charge in [-0.2, -0.15) is 0 Å². The van der Waals surface area contributed by atoms with Crippen molar-refractivity contribution < 1.29 is 0 Å². The molecule has 1 aliphatic rings. The van der Waals surface area contributed by atoms with Crippen molar-refractivity contribution in [2.24, 2.45) is 0 Å². The first-order valence-corrected chi connectivity index (χ1v) is 3.30. The molecule has 0 heterocycles. The van der Waals surface area contributed by atoms with Crippen molar-refractivity contribution in [1.82, 2.24) is 0 Å². The van der Waals surface area contributed by atoms with Crippen molar-refractivity contribution in [3.8, 4) is 0 Å². The van der Waals surface area contributed by atoms with Crippen molar-refractivity contribution in [2.75, 3.05) is 0 Å². The third kappa shape index (κ3) is 1.12. The van der Waals surface area contributed by atoms with Gasteiger partial charge in [-0.15, -0.1) is 0 Å². The van der Waals surface area contributed by atoms with Crippen LogP contribution in [0.3, 0.4) is 0 Å². The zero-order chi connectivity index (χ0) is 5.98. The minimum atomic E-state index is 1.31. The van der Waals surface area contributed by atoms with Crippen LogP contribution in [0.5, 0.6) is 0 Å². The maximum atomic E-state index is 2.36. The summed E-state index contributed by atoms with van der Waals surface area (Å²) in [5.74, 6) is 1.50. The van der Waals surface area contributed by atoms with Gasteiger partial charge in [-0.25, -0.2) is 0 Å². The summed E-state index contributed by atoms with van der Waals surface area (Å²) >= 11 is 0. The van der Waals surface area contributed by atoms with E-state index in [1.807, 2.05) is 0 Å². The van der Waals surface area contributed by atoms with Gasteiger partial charge in [0.1, 0.15) is 0 Å². The van der Waals surface area contributed by atoms with Gasteiger partial charge < -0.3 is 0 Å². The van der Waals surface area contributed by atoms with Crippen LogP contribution in [0, 0.1) is 5.92 Å². The average Bonchev–Trinajstić information content (AvgIpc) is 2.12. The molecule has 1 radical (unpaired) electrons. The van der Waals surface area contributed by atoms with Gasteiger partial charge in [0, 0.05) is 0 Å². The summed E-state index contributed by atoms with van der Waals surface area (Å²) in [5.41, 5.74) is 1.59. The fourth-order valence-electron chi connectivity index (χ4n) is 1.12. The zero-order valence-corrected chi connectivity index (χ0v) is 5.70. The van der Waals surface area contributed by atoms with Crippen LogP contribution in [0.25, 0.3) is 0 Å². The highest BCUT2D eigenvalue weighted by Gasteiger charge is 2.06. The van der Waals surface area contributed by atoms with Gasteiger partial charge in [-0.05, 0) is 25.2 Å². The van der Waals surface area contributed by atoms with E-state index in [1.165, 1.54) is 25.2 Å². The molecule has 45 valence electrons. The summed E-state index contributed by atoms with van der Waals surface area (Å²) in [6.07, 6.45) is 6.36. The van der Waals surface area contributed by atoms with Crippen molar-refractivity contribution in [3.05, 3.63) is 17.6 Å². The maximum absolute atomic E-state index is 2.36. The van der Waals surface area contributed by atoms with Crippen molar-refractivity contribution in [2.45, 2.75) is 33.1 Å². The minimum absolute atomic E-state index is 1.31. The molecule has 0 atom stereocenters. The molecule has 0 nitrogen and oxygen atoms in total. The Hall–Kier alpha value is -0.260. The number of rotatable bonds is 1. The highest BCUT2D eigenvalue weighted by molar-refractivity contribution is 5.23. The third-order valence-corrected chi connectivity index (χ3v) is 1.68. The van der Waals surface area contributed by atoms with Gasteiger partial charge in [-0.1, -0.05) is 25.5 Å². The monoisotopic (exact) mass is 109 g/mol. The maximum Gasteiger partial charge on any atom is -0.00564 e. The Morgan fingerprint density at radius 1 is 1.50 bits per heavy atom. The molecule has 1 aliphatic carbocycles. The van der Waals surface area contributed by atoms with E-state index < -0.39 is 0 Å². The van der Waals surface area contributed by atoms with Gasteiger partial charge in [0.15, 0.2) is 0 Å². The van der Waals surface area contributed by atoms with Crippen LogP contribution in [-0.2, 0) is 0 Å². The molecule has 0 N–H and O–H groups in total. The van der Waals surface area contributed by atoms with E-state index in [4.69, 9.17) is 0 Å². The molecule has 0 unspecified atom stereocenters. The lowest BCUT2D eigenvalue weighted by Crippen LogP contribution is -1.85. The molecule has 0 bridgehead atoms. The number of allylic oxidation sites excluding steroid dienone is 2. The Bertz CT molecular complexity index is 98.6. The van der Waals surface area contributed by atoms with Gasteiger partial charge in [0.05, 0.1) is 0 Å². The van der Waals surface area contributed by atoms with Gasteiger partial charge in [-0.3, -0.25) is 0 Å². The van der Waals surface area contributed by atoms with E-state index in [2.05, 4.69) is 19.9 Å². The Morgan fingerprint density at radius 2 is 2.25 bits per heavy atom. The molecule has 0 fully saturated rings. The lowest BCUT2D eigenvalue weighted by molar-refractivity contribution is 0.888. The molecule has 0 saturated heterocycles. The molecule has 0 aliphatic heterocycles. The van der Waals surface area contributed by atoms with Gasteiger partial charge in [0.2, 0.25) is 0 Å². The van der Waals surface area contributed by atoms with Crippen LogP contribution in [0.2, 0.25) is 0 Å². The molecule has 8 heavy (non-hydrogen) atoms. The molecule has 0 heteroatoms. The summed E-state index contributed by atoms with van der Waals surface area (Å²) in [6.45, 7) is 4.38. The van der Waals surface area contributed by atoms with Crippen LogP contribution in [0.1, 0.15) is 33.1 Å². The van der Waals surface area contributed by atoms with E-state index in [9.17, 15) is 0 Å². The van der Waals surface area contributed by atoms with Crippen LogP contribution in [0.4, 0.5) is 0 Å².